The molecule has 1 aromatic rings. The molecular weight excluding hydrogens is 368 g/mol. The van der Waals surface area contributed by atoms with Gasteiger partial charge in [0.15, 0.2) is 6.10 Å². The number of nitrogens with one attached hydrogen (secondary N) is 1. The van der Waals surface area contributed by atoms with E-state index >= 15 is 0 Å². The maximum absolute atomic E-state index is 11.9. The van der Waals surface area contributed by atoms with Crippen LogP contribution in [0.2, 0.25) is 5.02 Å². The van der Waals surface area contributed by atoms with Crippen molar-refractivity contribution in [3.63, 3.8) is 0 Å². The Hall–Kier alpha value is -1.91. The van der Waals surface area contributed by atoms with Gasteiger partial charge in [0, 0.05) is 5.02 Å². The molecule has 1 aliphatic rings. The summed E-state index contributed by atoms with van der Waals surface area (Å²) in [5.41, 5.74) is 0.221. The number of ether oxygens (including phenoxy) is 1. The van der Waals surface area contributed by atoms with Gasteiger partial charge in [0.25, 0.3) is 5.91 Å². The Morgan fingerprint density at radius 1 is 1.35 bits per heavy atom. The average molecular weight is 389 g/mol. The molecule has 0 bridgehead atoms. The van der Waals surface area contributed by atoms with E-state index in [1.54, 1.807) is 6.92 Å². The van der Waals surface area contributed by atoms with Crippen LogP contribution >= 0.6 is 11.6 Å². The van der Waals surface area contributed by atoms with Gasteiger partial charge < -0.3 is 35.6 Å². The summed E-state index contributed by atoms with van der Waals surface area (Å²) in [4.78, 5) is 16.1. The van der Waals surface area contributed by atoms with E-state index in [9.17, 15) is 20.1 Å². The molecule has 0 aromatic heterocycles. The number of amides is 1. The zero-order chi connectivity index (χ0) is 19.4. The van der Waals surface area contributed by atoms with E-state index in [1.807, 2.05) is 0 Å². The average Bonchev–Trinajstić information content (AvgIpc) is 3.01. The number of phenols is 1. The highest BCUT2D eigenvalue weighted by molar-refractivity contribution is 6.31. The fraction of sp³-hybridized carbons (Fsp3) is 0.500. The van der Waals surface area contributed by atoms with Crippen molar-refractivity contribution in [1.29, 1.82) is 0 Å². The Labute approximate surface area is 154 Å². The number of aliphatic imine (C=N–C) groups is 1. The first-order chi connectivity index (χ1) is 12.3. The highest BCUT2D eigenvalue weighted by Gasteiger charge is 2.40. The van der Waals surface area contributed by atoms with Crippen LogP contribution in [0.15, 0.2) is 23.2 Å². The first kappa shape index (κ1) is 20.4. The van der Waals surface area contributed by atoms with Crippen molar-refractivity contribution in [2.75, 3.05) is 13.2 Å². The van der Waals surface area contributed by atoms with Crippen molar-refractivity contribution >= 4 is 23.4 Å². The van der Waals surface area contributed by atoms with Gasteiger partial charge in [-0.1, -0.05) is 11.6 Å². The number of benzene rings is 1. The molecule has 1 amide bonds. The highest BCUT2D eigenvalue weighted by atomic mass is 35.5. The first-order valence-corrected chi connectivity index (χ1v) is 8.27. The van der Waals surface area contributed by atoms with Crippen LogP contribution in [-0.4, -0.2) is 80.9 Å². The number of carbonyl (C=O) groups is 1. The molecule has 4 atom stereocenters. The molecule has 144 valence electrons. The quantitative estimate of drug-likeness (QED) is 0.342. The van der Waals surface area contributed by atoms with Crippen molar-refractivity contribution in [2.45, 2.75) is 37.3 Å². The van der Waals surface area contributed by atoms with E-state index < -0.39 is 49.5 Å². The second-order valence-electron chi connectivity index (χ2n) is 5.92. The van der Waals surface area contributed by atoms with Crippen LogP contribution in [0.1, 0.15) is 12.5 Å². The standard InChI is InChI=1S/C16H21ClN2O7/c1-7-12(13(23)14(24)15(25)18-9(5-20)6-21)19-16(26-7)10-4-8(17)2-3-11(10)22/h2-4,7,9,12-14,20-24H,5-6H2,1H3,(H,18,25)/t7-,12+,13-,14-/m0/s1. The van der Waals surface area contributed by atoms with Crippen molar-refractivity contribution in [1.82, 2.24) is 5.32 Å². The van der Waals surface area contributed by atoms with E-state index in [4.69, 9.17) is 26.6 Å². The zero-order valence-electron chi connectivity index (χ0n) is 13.9. The molecule has 1 heterocycles. The van der Waals surface area contributed by atoms with Gasteiger partial charge in [0.05, 0.1) is 24.8 Å². The largest absolute Gasteiger partial charge is 0.507 e. The molecule has 0 aliphatic carbocycles. The minimum Gasteiger partial charge on any atom is -0.507 e. The molecule has 2 rings (SSSR count). The maximum Gasteiger partial charge on any atom is 0.252 e. The Kier molecular flexibility index (Phi) is 6.79. The number of phenolic OH excluding ortho intramolecular Hbond substituents is 1. The smallest absolute Gasteiger partial charge is 0.252 e. The monoisotopic (exact) mass is 388 g/mol. The molecule has 0 fully saturated rings. The fourth-order valence-corrected chi connectivity index (χ4v) is 2.63. The maximum atomic E-state index is 11.9. The van der Waals surface area contributed by atoms with Gasteiger partial charge >= 0.3 is 0 Å². The van der Waals surface area contributed by atoms with Crippen molar-refractivity contribution in [2.24, 2.45) is 4.99 Å². The minimum atomic E-state index is -1.86. The predicted octanol–water partition coefficient (Wildman–Crippen LogP) is -1.23. The minimum absolute atomic E-state index is 0.0257. The normalized spacial score (nSPS) is 21.9. The highest BCUT2D eigenvalue weighted by Crippen LogP contribution is 2.28. The summed E-state index contributed by atoms with van der Waals surface area (Å²) < 4.78 is 5.52. The third-order valence-corrected chi connectivity index (χ3v) is 4.20. The summed E-state index contributed by atoms with van der Waals surface area (Å²) in [6, 6.07) is 2.35. The van der Waals surface area contributed by atoms with Crippen molar-refractivity contribution < 1.29 is 35.1 Å². The van der Waals surface area contributed by atoms with E-state index in [0.29, 0.717) is 5.02 Å². The van der Waals surface area contributed by atoms with E-state index in [-0.39, 0.29) is 17.2 Å². The number of hydrogen-bond donors (Lipinski definition) is 6. The second kappa shape index (κ2) is 8.65. The van der Waals surface area contributed by atoms with Crippen LogP contribution in [0.4, 0.5) is 0 Å². The van der Waals surface area contributed by atoms with Gasteiger partial charge in [-0.3, -0.25) is 4.79 Å². The first-order valence-electron chi connectivity index (χ1n) is 7.90. The van der Waals surface area contributed by atoms with E-state index in [0.717, 1.165) is 0 Å². The van der Waals surface area contributed by atoms with Gasteiger partial charge in [0.2, 0.25) is 5.90 Å². The van der Waals surface area contributed by atoms with Gasteiger partial charge in [0.1, 0.15) is 24.0 Å². The number of nitrogens with zero attached hydrogens (tertiary/aromatic N) is 1. The van der Waals surface area contributed by atoms with Crippen LogP contribution in [0, 0.1) is 0 Å². The van der Waals surface area contributed by atoms with Gasteiger partial charge in [-0.25, -0.2) is 4.99 Å². The van der Waals surface area contributed by atoms with Crippen LogP contribution in [0.5, 0.6) is 5.75 Å². The molecule has 0 saturated heterocycles. The van der Waals surface area contributed by atoms with Crippen LogP contribution < -0.4 is 5.32 Å². The van der Waals surface area contributed by atoms with Gasteiger partial charge in [-0.05, 0) is 25.1 Å². The van der Waals surface area contributed by atoms with Crippen molar-refractivity contribution in [3.8, 4) is 5.75 Å². The predicted molar refractivity (Wildman–Crippen MR) is 92.1 cm³/mol. The van der Waals surface area contributed by atoms with Crippen LogP contribution in [0.25, 0.3) is 0 Å². The molecule has 0 unspecified atom stereocenters. The summed E-state index contributed by atoms with van der Waals surface area (Å²) in [6.45, 7) is 0.537. The topological polar surface area (TPSA) is 152 Å². The summed E-state index contributed by atoms with van der Waals surface area (Å²) in [6.07, 6.45) is -4.16. The van der Waals surface area contributed by atoms with Gasteiger partial charge in [-0.15, -0.1) is 0 Å². The summed E-state index contributed by atoms with van der Waals surface area (Å²) in [5.74, 6) is -1.06. The molecule has 1 aromatic carbocycles. The molecule has 1 aliphatic heterocycles. The number of halogens is 1. The second-order valence-corrected chi connectivity index (χ2v) is 6.35. The lowest BCUT2D eigenvalue weighted by molar-refractivity contribution is -0.138. The summed E-state index contributed by atoms with van der Waals surface area (Å²) >= 11 is 5.89. The molecular formula is C16H21ClN2O7. The SMILES string of the molecule is C[C@@H]1OC(c2cc(Cl)ccc2O)=N[C@H]1[C@H](O)[C@H](O)C(=O)NC(CO)CO. The molecule has 0 saturated carbocycles. The number of carbonyl (C=O) groups excluding carboxylic acids is 1. The van der Waals surface area contributed by atoms with E-state index in [1.165, 1.54) is 18.2 Å². The van der Waals surface area contributed by atoms with Crippen LogP contribution in [-0.2, 0) is 9.53 Å². The molecule has 6 N–H and O–H groups in total. The lowest BCUT2D eigenvalue weighted by Gasteiger charge is -2.24. The molecule has 0 spiro atoms. The lowest BCUT2D eigenvalue weighted by atomic mass is 10.0. The third kappa shape index (κ3) is 4.43. The number of aliphatic hydroxyl groups is 4. The number of aromatic hydroxyl groups is 1. The Bertz CT molecular complexity index is 681. The number of rotatable bonds is 7. The fourth-order valence-electron chi connectivity index (χ4n) is 2.46. The third-order valence-electron chi connectivity index (χ3n) is 3.96. The van der Waals surface area contributed by atoms with Crippen molar-refractivity contribution in [3.05, 3.63) is 28.8 Å². The Morgan fingerprint density at radius 3 is 2.62 bits per heavy atom. The van der Waals surface area contributed by atoms with E-state index in [2.05, 4.69) is 10.3 Å². The molecule has 9 nitrogen and oxygen atoms in total. The number of aliphatic hydroxyl groups excluding tert-OH is 4. The molecule has 10 heteroatoms. The number of hydrogen-bond acceptors (Lipinski definition) is 8. The Morgan fingerprint density at radius 2 is 2.00 bits per heavy atom. The Balaban J connectivity index is 2.15. The lowest BCUT2D eigenvalue weighted by Crippen LogP contribution is -2.52. The summed E-state index contributed by atoms with van der Waals surface area (Å²) in [5, 5.41) is 50.7. The zero-order valence-corrected chi connectivity index (χ0v) is 14.7. The molecule has 0 radical (unpaired) electrons. The van der Waals surface area contributed by atoms with Gasteiger partial charge in [-0.2, -0.15) is 0 Å². The molecule has 26 heavy (non-hydrogen) atoms. The van der Waals surface area contributed by atoms with Crippen LogP contribution in [0.3, 0.4) is 0 Å². The summed E-state index contributed by atoms with van der Waals surface area (Å²) in [7, 11) is 0.